The van der Waals surface area contributed by atoms with Crippen molar-refractivity contribution in [2.45, 2.75) is 56.1 Å². The third-order valence-electron chi connectivity index (χ3n) is 10.3. The third kappa shape index (κ3) is 4.47. The van der Waals surface area contributed by atoms with Crippen LogP contribution in [0.2, 0.25) is 0 Å². The summed E-state index contributed by atoms with van der Waals surface area (Å²) in [5.74, 6) is 1.29. The van der Waals surface area contributed by atoms with E-state index in [4.69, 9.17) is 16.1 Å². The van der Waals surface area contributed by atoms with Crippen LogP contribution in [-0.4, -0.2) is 70.4 Å². The molecule has 45 heavy (non-hydrogen) atoms. The summed E-state index contributed by atoms with van der Waals surface area (Å²) in [4.78, 5) is 14.1. The molecule has 8 rings (SSSR count). The van der Waals surface area contributed by atoms with E-state index in [-0.39, 0.29) is 62.5 Å². The van der Waals surface area contributed by atoms with Crippen molar-refractivity contribution in [2.75, 3.05) is 37.7 Å². The number of phenols is 1. The summed E-state index contributed by atoms with van der Waals surface area (Å²) in [5, 5.41) is 25.6. The number of nitrogens with one attached hydrogen (secondary N) is 1. The number of aromatic hydroxyl groups is 1. The van der Waals surface area contributed by atoms with E-state index >= 15 is 4.39 Å². The molecule has 0 saturated carbocycles. The van der Waals surface area contributed by atoms with Gasteiger partial charge in [-0.05, 0) is 86.8 Å². The molecule has 2 atom stereocenters. The summed E-state index contributed by atoms with van der Waals surface area (Å²) in [5.41, 5.74) is -0.133. The number of halogens is 2. The minimum atomic E-state index is -0.781. The van der Waals surface area contributed by atoms with Crippen molar-refractivity contribution in [1.29, 1.82) is 5.26 Å². The van der Waals surface area contributed by atoms with Gasteiger partial charge in [-0.3, -0.25) is 4.90 Å². The van der Waals surface area contributed by atoms with E-state index < -0.39 is 11.6 Å². The van der Waals surface area contributed by atoms with Gasteiger partial charge in [0.15, 0.2) is 5.82 Å². The van der Waals surface area contributed by atoms with Gasteiger partial charge in [-0.2, -0.15) is 15.2 Å². The minimum absolute atomic E-state index is 0.00204. The van der Waals surface area contributed by atoms with Crippen LogP contribution in [0, 0.1) is 35.3 Å². The number of phenolic OH excluding ortho intramolecular Hbond substituents is 1. The van der Waals surface area contributed by atoms with Crippen molar-refractivity contribution >= 4 is 27.5 Å². The van der Waals surface area contributed by atoms with Gasteiger partial charge in [0.25, 0.3) is 0 Å². The highest BCUT2D eigenvalue weighted by molar-refractivity contribution is 6.05. The number of nitrogens with zero attached hydrogens (tertiary/aromatic N) is 5. The first-order valence-corrected chi connectivity index (χ1v) is 15.6. The van der Waals surface area contributed by atoms with Crippen molar-refractivity contribution in [1.82, 2.24) is 20.2 Å². The zero-order valence-corrected chi connectivity index (χ0v) is 24.7. The van der Waals surface area contributed by atoms with E-state index in [2.05, 4.69) is 32.1 Å². The van der Waals surface area contributed by atoms with Crippen LogP contribution in [0.15, 0.2) is 30.3 Å². The van der Waals surface area contributed by atoms with E-state index in [9.17, 15) is 14.8 Å². The Morgan fingerprint density at radius 2 is 1.84 bits per heavy atom. The van der Waals surface area contributed by atoms with Crippen LogP contribution >= 0.6 is 0 Å². The molecular formula is C35H32F2N6O2. The number of ether oxygens (including phenoxy) is 1. The Balaban J connectivity index is 1.34. The molecule has 10 heteroatoms. The maximum absolute atomic E-state index is 17.1. The lowest BCUT2D eigenvalue weighted by Gasteiger charge is -2.35. The summed E-state index contributed by atoms with van der Waals surface area (Å²) < 4.78 is 38.4. The highest BCUT2D eigenvalue weighted by Crippen LogP contribution is 2.43. The molecule has 0 aliphatic carbocycles. The zero-order valence-electron chi connectivity index (χ0n) is 24.7. The zero-order chi connectivity index (χ0) is 30.9. The van der Waals surface area contributed by atoms with Crippen LogP contribution in [0.4, 0.5) is 14.6 Å². The Morgan fingerprint density at radius 1 is 1.09 bits per heavy atom. The molecule has 0 spiro atoms. The number of hydrogen-bond acceptors (Lipinski definition) is 8. The molecule has 4 fully saturated rings. The third-order valence-corrected chi connectivity index (χ3v) is 10.3. The van der Waals surface area contributed by atoms with Crippen LogP contribution in [0.5, 0.6) is 11.8 Å². The molecule has 2 unspecified atom stereocenters. The van der Waals surface area contributed by atoms with Gasteiger partial charge in [0.1, 0.15) is 29.5 Å². The second-order valence-electron chi connectivity index (χ2n) is 12.9. The van der Waals surface area contributed by atoms with Crippen molar-refractivity contribution in [2.24, 2.45) is 0 Å². The lowest BCUT2D eigenvalue weighted by atomic mass is 9.90. The van der Waals surface area contributed by atoms with Crippen molar-refractivity contribution in [3.8, 4) is 41.3 Å². The van der Waals surface area contributed by atoms with E-state index in [0.717, 1.165) is 51.6 Å². The first-order valence-electron chi connectivity index (χ1n) is 15.6. The summed E-state index contributed by atoms with van der Waals surface area (Å²) in [6, 6.07) is 9.82. The lowest BCUT2D eigenvalue weighted by Crippen LogP contribution is -2.51. The van der Waals surface area contributed by atoms with Gasteiger partial charge in [-0.25, -0.2) is 8.78 Å². The molecule has 4 aliphatic rings. The molecule has 1 aromatic heterocycles. The molecule has 8 nitrogen and oxygen atoms in total. The SMILES string of the molecule is C#Cc1c(F)ccc2cc(O)cc(-c3c(C#N)cc4c(N5CC6CCC(C5)N6)nc(OCC56CCCN5CCC6)nc4c3F)c12. The summed E-state index contributed by atoms with van der Waals surface area (Å²) in [6.07, 6.45) is 12.1. The second kappa shape index (κ2) is 10.5. The predicted molar refractivity (Wildman–Crippen MR) is 167 cm³/mol. The molecule has 5 heterocycles. The largest absolute Gasteiger partial charge is 0.508 e. The number of benzene rings is 3. The number of terminal acetylenes is 1. The van der Waals surface area contributed by atoms with E-state index in [1.54, 1.807) is 6.07 Å². The molecule has 3 aromatic carbocycles. The van der Waals surface area contributed by atoms with E-state index in [1.807, 2.05) is 0 Å². The first kappa shape index (κ1) is 28.0. The number of rotatable bonds is 5. The Hall–Kier alpha value is -4.51. The Morgan fingerprint density at radius 3 is 2.56 bits per heavy atom. The van der Waals surface area contributed by atoms with Crippen molar-refractivity contribution < 1.29 is 18.6 Å². The fourth-order valence-electron chi connectivity index (χ4n) is 8.24. The number of anilines is 1. The maximum atomic E-state index is 17.1. The van der Waals surface area contributed by atoms with Gasteiger partial charge in [0.05, 0.1) is 22.7 Å². The topological polar surface area (TPSA) is 97.5 Å². The Labute approximate surface area is 259 Å². The van der Waals surface area contributed by atoms with Crippen LogP contribution in [0.25, 0.3) is 32.8 Å². The van der Waals surface area contributed by atoms with Crippen LogP contribution in [0.1, 0.15) is 49.7 Å². The average Bonchev–Trinajstić information content (AvgIpc) is 3.73. The molecule has 0 amide bonds. The van der Waals surface area contributed by atoms with Gasteiger partial charge in [0.2, 0.25) is 0 Å². The van der Waals surface area contributed by atoms with Gasteiger partial charge < -0.3 is 20.1 Å². The lowest BCUT2D eigenvalue weighted by molar-refractivity contribution is 0.108. The highest BCUT2D eigenvalue weighted by Gasteiger charge is 2.45. The standard InChI is InChI=1S/C35H32F2N6O2/c1-2-25-28(36)8-5-20-13-24(44)15-26(29(20)25)30-21(16-38)14-27-32(31(30)37)40-34(45-19-35-9-3-11-43(35)12-4-10-35)41-33(27)42-17-22-6-7-23(18-42)39-22/h1,5,8,13-15,22-23,39,44H,3-4,6-7,9-12,17-19H2. The smallest absolute Gasteiger partial charge is 0.319 e. The van der Waals surface area contributed by atoms with Gasteiger partial charge in [0, 0.05) is 41.5 Å². The second-order valence-corrected chi connectivity index (χ2v) is 12.9. The number of nitriles is 1. The van der Waals surface area contributed by atoms with E-state index in [0.29, 0.717) is 36.3 Å². The molecule has 2 bridgehead atoms. The summed E-state index contributed by atoms with van der Waals surface area (Å²) >= 11 is 0. The van der Waals surface area contributed by atoms with Gasteiger partial charge >= 0.3 is 6.01 Å². The van der Waals surface area contributed by atoms with Crippen LogP contribution in [-0.2, 0) is 0 Å². The average molecular weight is 607 g/mol. The summed E-state index contributed by atoms with van der Waals surface area (Å²) in [7, 11) is 0. The first-order chi connectivity index (χ1) is 21.9. The number of piperazine rings is 1. The van der Waals surface area contributed by atoms with E-state index in [1.165, 1.54) is 24.3 Å². The normalized spacial score (nSPS) is 22.1. The summed E-state index contributed by atoms with van der Waals surface area (Å²) in [6.45, 7) is 3.88. The number of hydrogen-bond donors (Lipinski definition) is 2. The number of fused-ring (bicyclic) bond motifs is 5. The predicted octanol–water partition coefficient (Wildman–Crippen LogP) is 5.23. The molecule has 228 valence electrons. The fourth-order valence-corrected chi connectivity index (χ4v) is 8.24. The molecule has 4 saturated heterocycles. The highest BCUT2D eigenvalue weighted by atomic mass is 19.1. The molecule has 4 aliphatic heterocycles. The Kier molecular flexibility index (Phi) is 6.56. The van der Waals surface area contributed by atoms with Gasteiger partial charge in [-0.1, -0.05) is 12.0 Å². The van der Waals surface area contributed by atoms with Crippen LogP contribution < -0.4 is 15.0 Å². The monoisotopic (exact) mass is 606 g/mol. The Bertz CT molecular complexity index is 1940. The fraction of sp³-hybridized carbons (Fsp3) is 0.400. The molecule has 4 aromatic rings. The maximum Gasteiger partial charge on any atom is 0.319 e. The number of aromatic nitrogens is 2. The quantitative estimate of drug-likeness (QED) is 0.298. The molecule has 0 radical (unpaired) electrons. The minimum Gasteiger partial charge on any atom is -0.508 e. The van der Waals surface area contributed by atoms with Gasteiger partial charge in [-0.15, -0.1) is 6.42 Å². The van der Waals surface area contributed by atoms with Crippen molar-refractivity contribution in [3.63, 3.8) is 0 Å². The van der Waals surface area contributed by atoms with Crippen molar-refractivity contribution in [3.05, 3.63) is 53.1 Å². The molecule has 2 N–H and O–H groups in total. The van der Waals surface area contributed by atoms with Crippen LogP contribution in [0.3, 0.4) is 0 Å². The molecular weight excluding hydrogens is 574 g/mol.